The van der Waals surface area contributed by atoms with Gasteiger partial charge in [0.05, 0.1) is 5.41 Å². The molecule has 3 aromatic carbocycles. The summed E-state index contributed by atoms with van der Waals surface area (Å²) in [5.74, 6) is 0.417. The van der Waals surface area contributed by atoms with Crippen molar-refractivity contribution in [2.75, 3.05) is 13.2 Å². The predicted molar refractivity (Wildman–Crippen MR) is 117 cm³/mol. The summed E-state index contributed by atoms with van der Waals surface area (Å²) in [5.41, 5.74) is 2.00. The van der Waals surface area contributed by atoms with E-state index in [1.807, 2.05) is 60.7 Å². The van der Waals surface area contributed by atoms with Gasteiger partial charge in [0.2, 0.25) is 5.91 Å². The summed E-state index contributed by atoms with van der Waals surface area (Å²) in [4.78, 5) is 13.2. The predicted octanol–water partition coefficient (Wildman–Crippen LogP) is 4.77. The molecular weight excluding hydrogens is 393 g/mol. The molecule has 4 rings (SSSR count). The van der Waals surface area contributed by atoms with Gasteiger partial charge in [-0.15, -0.1) is 0 Å². The molecule has 5 heteroatoms. The average molecular weight is 419 g/mol. The number of nitrogens with one attached hydrogen (secondary N) is 1. The molecule has 0 spiro atoms. The van der Waals surface area contributed by atoms with Crippen molar-refractivity contribution in [3.05, 3.63) is 101 Å². The second-order valence-electron chi connectivity index (χ2n) is 7.81. The van der Waals surface area contributed by atoms with Gasteiger partial charge in [-0.3, -0.25) is 4.79 Å². The Hall–Kier alpha value is -3.18. The second-order valence-corrected chi connectivity index (χ2v) is 7.81. The van der Waals surface area contributed by atoms with E-state index in [0.29, 0.717) is 44.8 Å². The summed E-state index contributed by atoms with van der Waals surface area (Å²) in [6.07, 6.45) is 1.08. The fourth-order valence-corrected chi connectivity index (χ4v) is 3.94. The van der Waals surface area contributed by atoms with Crippen molar-refractivity contribution in [2.24, 2.45) is 0 Å². The highest BCUT2D eigenvalue weighted by Gasteiger charge is 2.41. The molecule has 0 unspecified atom stereocenters. The van der Waals surface area contributed by atoms with Crippen LogP contribution in [0.4, 0.5) is 4.39 Å². The molecule has 1 amide bonds. The van der Waals surface area contributed by atoms with Gasteiger partial charge >= 0.3 is 0 Å². The van der Waals surface area contributed by atoms with Gasteiger partial charge in [0.25, 0.3) is 0 Å². The molecule has 1 fully saturated rings. The summed E-state index contributed by atoms with van der Waals surface area (Å²) < 4.78 is 25.1. The molecule has 0 aliphatic carbocycles. The maximum atomic E-state index is 13.8. The molecule has 4 nitrogen and oxygen atoms in total. The number of halogens is 1. The Morgan fingerprint density at radius 3 is 2.35 bits per heavy atom. The number of hydrogen-bond acceptors (Lipinski definition) is 3. The van der Waals surface area contributed by atoms with E-state index in [-0.39, 0.29) is 11.7 Å². The van der Waals surface area contributed by atoms with Crippen LogP contribution in [0.25, 0.3) is 0 Å². The Morgan fingerprint density at radius 2 is 1.65 bits per heavy atom. The minimum absolute atomic E-state index is 0.0853. The maximum absolute atomic E-state index is 13.8. The number of carbonyl (C=O) groups excluding carboxylic acids is 1. The van der Waals surface area contributed by atoms with Gasteiger partial charge < -0.3 is 14.8 Å². The lowest BCUT2D eigenvalue weighted by Crippen LogP contribution is -2.47. The summed E-state index contributed by atoms with van der Waals surface area (Å²) in [6, 6.07) is 24.0. The molecule has 1 aliphatic rings. The van der Waals surface area contributed by atoms with E-state index >= 15 is 0 Å². The van der Waals surface area contributed by atoms with Crippen molar-refractivity contribution >= 4 is 5.91 Å². The minimum atomic E-state index is -0.760. The molecule has 1 saturated heterocycles. The standard InChI is InChI=1S/C26H26FNO3/c27-23-6-4-5-22(17-23)26(13-15-30-16-14-26)25(29)28-18-20-9-11-21(12-10-20)19-31-24-7-2-1-3-8-24/h1-12,17H,13-16,18-19H2,(H,28,29). The zero-order chi connectivity index (χ0) is 21.5. The van der Waals surface area contributed by atoms with Crippen molar-refractivity contribution in [1.82, 2.24) is 5.32 Å². The van der Waals surface area contributed by atoms with E-state index in [9.17, 15) is 9.18 Å². The normalized spacial score (nSPS) is 15.3. The first kappa shape index (κ1) is 21.1. The highest BCUT2D eigenvalue weighted by Crippen LogP contribution is 2.35. The fourth-order valence-electron chi connectivity index (χ4n) is 3.94. The monoisotopic (exact) mass is 419 g/mol. The molecule has 0 aromatic heterocycles. The highest BCUT2D eigenvalue weighted by molar-refractivity contribution is 5.88. The first-order chi connectivity index (χ1) is 15.2. The van der Waals surface area contributed by atoms with Crippen LogP contribution in [-0.4, -0.2) is 19.1 Å². The molecule has 1 heterocycles. The SMILES string of the molecule is O=C(NCc1ccc(COc2ccccc2)cc1)C1(c2cccc(F)c2)CCOCC1. The van der Waals surface area contributed by atoms with Gasteiger partial charge in [-0.1, -0.05) is 54.6 Å². The third-order valence-corrected chi connectivity index (χ3v) is 5.78. The number of amides is 1. The molecular formula is C26H26FNO3. The first-order valence-corrected chi connectivity index (χ1v) is 10.5. The van der Waals surface area contributed by atoms with Gasteiger partial charge in [0.1, 0.15) is 18.2 Å². The second kappa shape index (κ2) is 9.75. The van der Waals surface area contributed by atoms with Crippen LogP contribution in [0.1, 0.15) is 29.5 Å². The number of para-hydroxylation sites is 1. The lowest BCUT2D eigenvalue weighted by molar-refractivity contribution is -0.130. The Balaban J connectivity index is 1.38. The zero-order valence-corrected chi connectivity index (χ0v) is 17.4. The molecule has 3 aromatic rings. The van der Waals surface area contributed by atoms with Crippen LogP contribution in [0.2, 0.25) is 0 Å². The van der Waals surface area contributed by atoms with Crippen LogP contribution in [0, 0.1) is 5.82 Å². The van der Waals surface area contributed by atoms with Crippen molar-refractivity contribution in [3.8, 4) is 5.75 Å². The molecule has 0 saturated carbocycles. The molecule has 160 valence electrons. The largest absolute Gasteiger partial charge is 0.489 e. The van der Waals surface area contributed by atoms with Crippen LogP contribution >= 0.6 is 0 Å². The number of ether oxygens (including phenoxy) is 2. The van der Waals surface area contributed by atoms with Gasteiger partial charge in [0, 0.05) is 19.8 Å². The topological polar surface area (TPSA) is 47.6 Å². The van der Waals surface area contributed by atoms with Crippen LogP contribution < -0.4 is 10.1 Å². The van der Waals surface area contributed by atoms with E-state index in [0.717, 1.165) is 16.9 Å². The Labute approximate surface area is 182 Å². The van der Waals surface area contributed by atoms with Crippen LogP contribution in [0.5, 0.6) is 5.75 Å². The number of benzene rings is 3. The van der Waals surface area contributed by atoms with Gasteiger partial charge in [-0.05, 0) is 53.8 Å². The Kier molecular flexibility index (Phi) is 6.63. The van der Waals surface area contributed by atoms with E-state index in [2.05, 4.69) is 5.32 Å². The van der Waals surface area contributed by atoms with Crippen molar-refractivity contribution in [2.45, 2.75) is 31.4 Å². The summed E-state index contributed by atoms with van der Waals surface area (Å²) >= 11 is 0. The first-order valence-electron chi connectivity index (χ1n) is 10.5. The quantitative estimate of drug-likeness (QED) is 0.600. The maximum Gasteiger partial charge on any atom is 0.231 e. The van der Waals surface area contributed by atoms with E-state index in [4.69, 9.17) is 9.47 Å². The smallest absolute Gasteiger partial charge is 0.231 e. The number of rotatable bonds is 7. The van der Waals surface area contributed by atoms with Crippen LogP contribution in [-0.2, 0) is 28.1 Å². The molecule has 1 N–H and O–H groups in total. The third kappa shape index (κ3) is 5.12. The molecule has 0 bridgehead atoms. The van der Waals surface area contributed by atoms with Crippen molar-refractivity contribution in [3.63, 3.8) is 0 Å². The van der Waals surface area contributed by atoms with Gasteiger partial charge in [0.15, 0.2) is 0 Å². The molecule has 0 atom stereocenters. The lowest BCUT2D eigenvalue weighted by atomic mass is 9.73. The third-order valence-electron chi connectivity index (χ3n) is 5.78. The fraction of sp³-hybridized carbons (Fsp3) is 0.269. The zero-order valence-electron chi connectivity index (χ0n) is 17.4. The van der Waals surface area contributed by atoms with Crippen molar-refractivity contribution in [1.29, 1.82) is 0 Å². The van der Waals surface area contributed by atoms with Crippen LogP contribution in [0.15, 0.2) is 78.9 Å². The molecule has 31 heavy (non-hydrogen) atoms. The van der Waals surface area contributed by atoms with E-state index in [1.54, 1.807) is 6.07 Å². The Bertz CT molecular complexity index is 999. The minimum Gasteiger partial charge on any atom is -0.489 e. The Morgan fingerprint density at radius 1 is 0.935 bits per heavy atom. The summed E-state index contributed by atoms with van der Waals surface area (Å²) in [7, 11) is 0. The van der Waals surface area contributed by atoms with Crippen molar-refractivity contribution < 1.29 is 18.7 Å². The lowest BCUT2D eigenvalue weighted by Gasteiger charge is -2.36. The van der Waals surface area contributed by atoms with E-state index in [1.165, 1.54) is 12.1 Å². The number of hydrogen-bond donors (Lipinski definition) is 1. The summed E-state index contributed by atoms with van der Waals surface area (Å²) in [5, 5.41) is 3.06. The highest BCUT2D eigenvalue weighted by atomic mass is 19.1. The van der Waals surface area contributed by atoms with Gasteiger partial charge in [-0.2, -0.15) is 0 Å². The van der Waals surface area contributed by atoms with Gasteiger partial charge in [-0.25, -0.2) is 4.39 Å². The number of carbonyl (C=O) groups is 1. The summed E-state index contributed by atoms with van der Waals surface area (Å²) in [6.45, 7) is 1.87. The van der Waals surface area contributed by atoms with E-state index < -0.39 is 5.41 Å². The molecule has 1 aliphatic heterocycles. The molecule has 0 radical (unpaired) electrons. The van der Waals surface area contributed by atoms with Crippen LogP contribution in [0.3, 0.4) is 0 Å². The average Bonchev–Trinajstić information content (AvgIpc) is 2.83.